The van der Waals surface area contributed by atoms with Gasteiger partial charge in [0.25, 0.3) is 5.56 Å². The number of nitrogens with zero attached hydrogens (tertiary/aromatic N) is 1. The smallest absolute Gasteiger partial charge is 0.335 e. The fourth-order valence-electron chi connectivity index (χ4n) is 5.71. The number of aromatic nitrogens is 2. The summed E-state index contributed by atoms with van der Waals surface area (Å²) in [6.07, 6.45) is 5.51. The van der Waals surface area contributed by atoms with Gasteiger partial charge in [-0.25, -0.2) is 4.79 Å². The fraction of sp³-hybridized carbons (Fsp3) is 0.714. The van der Waals surface area contributed by atoms with Gasteiger partial charge in [0, 0.05) is 12.3 Å². The van der Waals surface area contributed by atoms with E-state index in [4.69, 9.17) is 24.1 Å². The predicted octanol–water partition coefficient (Wildman–Crippen LogP) is 4.89. The highest BCUT2D eigenvalue weighted by molar-refractivity contribution is 6.84. The minimum Gasteiger partial charge on any atom is -0.414 e. The second kappa shape index (κ2) is 11.3. The zero-order valence-electron chi connectivity index (χ0n) is 25.4. The Balaban J connectivity index is 2.34. The van der Waals surface area contributed by atoms with Crippen LogP contribution < -0.4 is 11.2 Å². The summed E-state index contributed by atoms with van der Waals surface area (Å²) in [6, 6.07) is 1.29. The lowest BCUT2D eigenvalue weighted by atomic mass is 9.82. The number of aromatic amines is 1. The fourth-order valence-corrected chi connectivity index (χ4v) is 17.5. The van der Waals surface area contributed by atoms with Crippen LogP contribution in [0.5, 0.6) is 0 Å². The quantitative estimate of drug-likeness (QED) is 0.388. The van der Waals surface area contributed by atoms with Gasteiger partial charge in [-0.2, -0.15) is 0 Å². The van der Waals surface area contributed by atoms with Crippen molar-refractivity contribution in [1.82, 2.24) is 9.55 Å². The number of nitrogens with one attached hydrogen (secondary N) is 1. The number of hydrogen-bond donors (Lipinski definition) is 1. The Labute approximate surface area is 236 Å². The van der Waals surface area contributed by atoms with Gasteiger partial charge in [0.05, 0.1) is 6.61 Å². The van der Waals surface area contributed by atoms with Crippen LogP contribution in [-0.2, 0) is 17.7 Å². The SMILES string of the molecule is C#C[C@]1(C#C[Si](C)(C)C)[C@@H]2O[Si](C(C)C)(C(C)C)O[Si](C(C)C)(C(C)C)OC[C@H]2O[C@H]1n1ccc(=O)[nH]c1=O. The summed E-state index contributed by atoms with van der Waals surface area (Å²) in [5.74, 6) is 6.34. The van der Waals surface area contributed by atoms with Crippen molar-refractivity contribution < 1.29 is 17.7 Å². The number of rotatable bonds is 5. The van der Waals surface area contributed by atoms with Crippen LogP contribution in [0.2, 0.25) is 41.8 Å². The number of hydrogen-bond acceptors (Lipinski definition) is 6. The molecule has 0 bridgehead atoms. The third-order valence-corrected chi connectivity index (χ3v) is 18.9. The number of ether oxygens (including phenoxy) is 1. The van der Waals surface area contributed by atoms with E-state index in [9.17, 15) is 9.59 Å². The first-order valence-corrected chi connectivity index (χ1v) is 21.4. The highest BCUT2D eigenvalue weighted by Crippen LogP contribution is 2.53. The van der Waals surface area contributed by atoms with Crippen LogP contribution in [0.4, 0.5) is 0 Å². The maximum Gasteiger partial charge on any atom is 0.335 e. The molecule has 11 heteroatoms. The molecule has 1 aromatic rings. The van der Waals surface area contributed by atoms with Gasteiger partial charge in [-0.05, 0) is 22.2 Å². The van der Waals surface area contributed by atoms with Crippen molar-refractivity contribution in [2.24, 2.45) is 5.41 Å². The van der Waals surface area contributed by atoms with Crippen molar-refractivity contribution in [1.29, 1.82) is 0 Å². The molecule has 0 saturated carbocycles. The summed E-state index contributed by atoms with van der Waals surface area (Å²) in [5, 5.41) is 0. The van der Waals surface area contributed by atoms with Gasteiger partial charge in [0.15, 0.2) is 11.6 Å². The second-order valence-corrected chi connectivity index (χ2v) is 26.7. The first kappa shape index (κ1) is 31.8. The monoisotopic (exact) mass is 590 g/mol. The number of terminal acetylenes is 1. The molecule has 39 heavy (non-hydrogen) atoms. The Morgan fingerprint density at radius 1 is 1.03 bits per heavy atom. The van der Waals surface area contributed by atoms with Crippen LogP contribution in [0.3, 0.4) is 0 Å². The lowest BCUT2D eigenvalue weighted by Crippen LogP contribution is -2.66. The van der Waals surface area contributed by atoms with E-state index in [-0.39, 0.29) is 28.8 Å². The topological polar surface area (TPSA) is 91.8 Å². The standard InChI is InChI=1S/C28H46N2O6Si3/c1-13-28(15-17-37(10,11)12)25-23(34-26(28)30-16-14-24(31)29-27(30)32)18-33-38(19(2)3,20(4)5)36-39(35-25,21(6)7)22(8)9/h1,14,16,19-23,25-26H,18H2,2-12H3,(H,29,31,32)/t23-,25-,26-,28+/m1/s1. The van der Waals surface area contributed by atoms with Gasteiger partial charge in [0.2, 0.25) is 0 Å². The van der Waals surface area contributed by atoms with E-state index in [0.717, 1.165) is 0 Å². The number of fused-ring (bicyclic) bond motifs is 1. The minimum absolute atomic E-state index is 0.0829. The first-order valence-electron chi connectivity index (χ1n) is 14.0. The third kappa shape index (κ3) is 5.73. The maximum atomic E-state index is 13.0. The van der Waals surface area contributed by atoms with Crippen molar-refractivity contribution in [2.45, 2.75) is 116 Å². The summed E-state index contributed by atoms with van der Waals surface area (Å²) in [7, 11) is -7.76. The van der Waals surface area contributed by atoms with Gasteiger partial charge >= 0.3 is 22.8 Å². The molecule has 0 aliphatic carbocycles. The highest BCUT2D eigenvalue weighted by Gasteiger charge is 2.65. The Morgan fingerprint density at radius 2 is 1.59 bits per heavy atom. The van der Waals surface area contributed by atoms with E-state index in [1.165, 1.54) is 16.8 Å². The molecule has 0 amide bonds. The van der Waals surface area contributed by atoms with Gasteiger partial charge < -0.3 is 17.7 Å². The summed E-state index contributed by atoms with van der Waals surface area (Å²) in [6.45, 7) is 23.8. The van der Waals surface area contributed by atoms with E-state index in [1.54, 1.807) is 0 Å². The van der Waals surface area contributed by atoms with E-state index in [1.807, 2.05) is 0 Å². The van der Waals surface area contributed by atoms with E-state index in [2.05, 4.69) is 97.4 Å². The average molecular weight is 591 g/mol. The molecule has 4 atom stereocenters. The number of H-pyrrole nitrogens is 1. The van der Waals surface area contributed by atoms with Crippen LogP contribution in [0.25, 0.3) is 0 Å². The predicted molar refractivity (Wildman–Crippen MR) is 161 cm³/mol. The molecule has 8 nitrogen and oxygen atoms in total. The van der Waals surface area contributed by atoms with Crippen LogP contribution >= 0.6 is 0 Å². The molecule has 2 fully saturated rings. The van der Waals surface area contributed by atoms with E-state index >= 15 is 0 Å². The minimum atomic E-state index is -3.04. The average Bonchev–Trinajstić information content (AvgIpc) is 3.09. The Kier molecular flexibility index (Phi) is 9.20. The molecule has 216 valence electrons. The molecule has 0 spiro atoms. The lowest BCUT2D eigenvalue weighted by molar-refractivity contribution is -0.0576. The largest absolute Gasteiger partial charge is 0.414 e. The molecule has 1 aromatic heterocycles. The van der Waals surface area contributed by atoms with E-state index in [0.29, 0.717) is 0 Å². The molecule has 0 radical (unpaired) electrons. The Morgan fingerprint density at radius 3 is 2.05 bits per heavy atom. The lowest BCUT2D eigenvalue weighted by Gasteiger charge is -2.52. The highest BCUT2D eigenvalue weighted by atomic mass is 28.5. The molecule has 2 aliphatic rings. The van der Waals surface area contributed by atoms with Gasteiger partial charge in [-0.1, -0.05) is 86.9 Å². The Hall–Kier alpha value is -1.71. The molecule has 3 rings (SSSR count). The summed E-state index contributed by atoms with van der Waals surface area (Å²) >= 11 is 0. The van der Waals surface area contributed by atoms with Gasteiger partial charge in [0.1, 0.15) is 20.3 Å². The molecular formula is C28H46N2O6Si3. The zero-order valence-corrected chi connectivity index (χ0v) is 28.4. The Bertz CT molecular complexity index is 1250. The molecule has 0 unspecified atom stereocenters. The second-order valence-electron chi connectivity index (χ2n) is 13.1. The van der Waals surface area contributed by atoms with Crippen LogP contribution in [0.15, 0.2) is 21.9 Å². The van der Waals surface area contributed by atoms with Crippen molar-refractivity contribution in [3.8, 4) is 23.8 Å². The molecule has 0 aromatic carbocycles. The van der Waals surface area contributed by atoms with Gasteiger partial charge in [-0.3, -0.25) is 14.3 Å². The van der Waals surface area contributed by atoms with Crippen molar-refractivity contribution >= 4 is 25.2 Å². The molecule has 1 N–H and O–H groups in total. The van der Waals surface area contributed by atoms with Crippen LogP contribution in [0.1, 0.15) is 61.6 Å². The normalized spacial score (nSPS) is 28.5. The van der Waals surface area contributed by atoms with Crippen LogP contribution in [0, 0.1) is 29.2 Å². The zero-order chi connectivity index (χ0) is 29.6. The van der Waals surface area contributed by atoms with Crippen molar-refractivity contribution in [3.05, 3.63) is 33.1 Å². The van der Waals surface area contributed by atoms with Crippen LogP contribution in [-0.4, -0.2) is 53.6 Å². The van der Waals surface area contributed by atoms with Gasteiger partial charge in [-0.15, -0.1) is 12.0 Å². The maximum absolute atomic E-state index is 13.0. The van der Waals surface area contributed by atoms with Crippen molar-refractivity contribution in [3.63, 3.8) is 0 Å². The molecule has 2 saturated heterocycles. The molecule has 2 aliphatic heterocycles. The molecule has 3 heterocycles. The summed E-state index contributed by atoms with van der Waals surface area (Å²) < 4.78 is 29.5. The van der Waals surface area contributed by atoms with E-state index < -0.39 is 60.3 Å². The summed E-state index contributed by atoms with van der Waals surface area (Å²) in [4.78, 5) is 27.3. The first-order chi connectivity index (χ1) is 18.0. The summed E-state index contributed by atoms with van der Waals surface area (Å²) in [5.41, 5.74) is 1.53. The third-order valence-electron chi connectivity index (χ3n) is 7.79. The molecular weight excluding hydrogens is 545 g/mol. The van der Waals surface area contributed by atoms with Crippen molar-refractivity contribution in [2.75, 3.05) is 6.61 Å².